The lowest BCUT2D eigenvalue weighted by Gasteiger charge is -2.23. The van der Waals surface area contributed by atoms with Gasteiger partial charge in [-0.15, -0.1) is 0 Å². The van der Waals surface area contributed by atoms with Crippen LogP contribution in [0.1, 0.15) is 53.6 Å². The van der Waals surface area contributed by atoms with E-state index in [0.29, 0.717) is 16.8 Å². The zero-order chi connectivity index (χ0) is 22.4. The molecule has 31 heavy (non-hydrogen) atoms. The Morgan fingerprint density at radius 1 is 1.00 bits per heavy atom. The summed E-state index contributed by atoms with van der Waals surface area (Å²) in [6, 6.07) is 9.93. The second kappa shape index (κ2) is 10.1. The normalized spacial score (nSPS) is 14.0. The van der Waals surface area contributed by atoms with E-state index in [0.717, 1.165) is 36.9 Å². The number of benzene rings is 2. The number of nitrogens with one attached hydrogen (secondary N) is 3. The fraction of sp³-hybridized carbons (Fsp3) is 0.391. The van der Waals surface area contributed by atoms with E-state index in [1.807, 2.05) is 13.0 Å². The summed E-state index contributed by atoms with van der Waals surface area (Å²) in [4.78, 5) is 35.2. The van der Waals surface area contributed by atoms with Crippen molar-refractivity contribution in [3.05, 3.63) is 63.2 Å². The monoisotopic (exact) mass is 424 g/mol. The number of nitrogens with zero attached hydrogens (tertiary/aromatic N) is 1. The highest BCUT2D eigenvalue weighted by molar-refractivity contribution is 5.96. The van der Waals surface area contributed by atoms with Crippen molar-refractivity contribution in [2.45, 2.75) is 52.0 Å². The molecule has 1 aliphatic carbocycles. The topological polar surface area (TPSA) is 113 Å². The van der Waals surface area contributed by atoms with Gasteiger partial charge >= 0.3 is 0 Å². The molecule has 0 saturated heterocycles. The van der Waals surface area contributed by atoms with Gasteiger partial charge in [0, 0.05) is 35.1 Å². The van der Waals surface area contributed by atoms with E-state index in [2.05, 4.69) is 16.0 Å². The zero-order valence-corrected chi connectivity index (χ0v) is 17.9. The average Bonchev–Trinajstić information content (AvgIpc) is 2.74. The van der Waals surface area contributed by atoms with Crippen molar-refractivity contribution in [1.82, 2.24) is 5.32 Å². The highest BCUT2D eigenvalue weighted by atomic mass is 16.6. The second-order valence-electron chi connectivity index (χ2n) is 8.00. The third-order valence-electron chi connectivity index (χ3n) is 5.56. The highest BCUT2D eigenvalue weighted by Crippen LogP contribution is 2.22. The van der Waals surface area contributed by atoms with Gasteiger partial charge in [0.05, 0.1) is 11.5 Å². The number of hydrogen-bond acceptors (Lipinski definition) is 5. The Morgan fingerprint density at radius 2 is 1.68 bits per heavy atom. The van der Waals surface area contributed by atoms with Crippen molar-refractivity contribution in [3.63, 3.8) is 0 Å². The van der Waals surface area contributed by atoms with Crippen molar-refractivity contribution in [1.29, 1.82) is 0 Å². The number of non-ortho nitro benzene ring substituents is 1. The molecule has 0 unspecified atom stereocenters. The summed E-state index contributed by atoms with van der Waals surface area (Å²) >= 11 is 0. The Bertz CT molecular complexity index is 984. The first kappa shape index (κ1) is 22.3. The first-order valence-corrected chi connectivity index (χ1v) is 10.5. The zero-order valence-electron chi connectivity index (χ0n) is 17.9. The molecule has 0 bridgehead atoms. The van der Waals surface area contributed by atoms with Gasteiger partial charge in [0.15, 0.2) is 0 Å². The molecule has 0 atom stereocenters. The molecule has 164 valence electrons. The molecule has 8 heteroatoms. The number of hydrogen-bond donors (Lipinski definition) is 3. The van der Waals surface area contributed by atoms with Crippen LogP contribution < -0.4 is 16.0 Å². The average molecular weight is 425 g/mol. The molecule has 0 aromatic heterocycles. The molecular formula is C23H28N4O4. The number of anilines is 2. The number of carbonyl (C=O) groups is 2. The minimum absolute atomic E-state index is 0.0168. The van der Waals surface area contributed by atoms with E-state index < -0.39 is 4.92 Å². The first-order valence-electron chi connectivity index (χ1n) is 10.5. The van der Waals surface area contributed by atoms with Gasteiger partial charge in [0.25, 0.3) is 11.6 Å². The Morgan fingerprint density at radius 3 is 2.32 bits per heavy atom. The molecule has 0 radical (unpaired) electrons. The van der Waals surface area contributed by atoms with Crippen molar-refractivity contribution in [2.24, 2.45) is 0 Å². The van der Waals surface area contributed by atoms with Crippen molar-refractivity contribution in [3.8, 4) is 0 Å². The van der Waals surface area contributed by atoms with Crippen LogP contribution in [0.3, 0.4) is 0 Å². The second-order valence-corrected chi connectivity index (χ2v) is 8.00. The summed E-state index contributed by atoms with van der Waals surface area (Å²) in [6.07, 6.45) is 5.63. The van der Waals surface area contributed by atoms with Gasteiger partial charge in [-0.3, -0.25) is 19.7 Å². The van der Waals surface area contributed by atoms with Gasteiger partial charge < -0.3 is 16.0 Å². The number of carbonyl (C=O) groups excluding carboxylic acids is 2. The predicted molar refractivity (Wildman–Crippen MR) is 120 cm³/mol. The van der Waals surface area contributed by atoms with Crippen LogP contribution in [0.5, 0.6) is 0 Å². The number of nitro groups is 1. The van der Waals surface area contributed by atoms with Crippen molar-refractivity contribution < 1.29 is 14.5 Å². The molecule has 2 aromatic carbocycles. The Labute approximate surface area is 181 Å². The maximum absolute atomic E-state index is 12.5. The van der Waals surface area contributed by atoms with E-state index in [-0.39, 0.29) is 30.1 Å². The standard InChI is InChI=1S/C23H28N4O4/c1-15-12-17(23(29)25-18-6-4-3-5-7-18)8-10-20(15)24-14-22(28)26-21-11-9-19(27(30)31)13-16(21)2/h8-13,18,24H,3-7,14H2,1-2H3,(H,25,29)(H,26,28). The van der Waals surface area contributed by atoms with Crippen LogP contribution in [0.15, 0.2) is 36.4 Å². The van der Waals surface area contributed by atoms with E-state index in [4.69, 9.17) is 0 Å². The molecule has 0 heterocycles. The van der Waals surface area contributed by atoms with Crippen LogP contribution in [0.25, 0.3) is 0 Å². The number of nitro benzene ring substituents is 1. The van der Waals surface area contributed by atoms with Crippen LogP contribution in [-0.2, 0) is 4.79 Å². The van der Waals surface area contributed by atoms with Crippen LogP contribution >= 0.6 is 0 Å². The predicted octanol–water partition coefficient (Wildman–Crippen LogP) is 4.32. The van der Waals surface area contributed by atoms with E-state index >= 15 is 0 Å². The molecule has 1 aliphatic rings. The minimum Gasteiger partial charge on any atom is -0.376 e. The van der Waals surface area contributed by atoms with Crippen LogP contribution in [-0.4, -0.2) is 29.3 Å². The number of rotatable bonds is 7. The molecule has 0 aliphatic heterocycles. The molecule has 2 aromatic rings. The van der Waals surface area contributed by atoms with Gasteiger partial charge in [0.1, 0.15) is 0 Å². The molecule has 0 spiro atoms. The number of aryl methyl sites for hydroxylation is 2. The summed E-state index contributed by atoms with van der Waals surface area (Å²) < 4.78 is 0. The Hall–Kier alpha value is -3.42. The summed E-state index contributed by atoms with van der Waals surface area (Å²) in [6.45, 7) is 3.63. The van der Waals surface area contributed by atoms with E-state index in [9.17, 15) is 19.7 Å². The smallest absolute Gasteiger partial charge is 0.269 e. The molecule has 8 nitrogen and oxygen atoms in total. The molecular weight excluding hydrogens is 396 g/mol. The van der Waals surface area contributed by atoms with Crippen molar-refractivity contribution in [2.75, 3.05) is 17.2 Å². The Kier molecular flexibility index (Phi) is 7.23. The van der Waals surface area contributed by atoms with Gasteiger partial charge in [-0.1, -0.05) is 19.3 Å². The van der Waals surface area contributed by atoms with E-state index in [1.54, 1.807) is 19.1 Å². The van der Waals surface area contributed by atoms with Crippen LogP contribution in [0.4, 0.5) is 17.1 Å². The molecule has 3 rings (SSSR count). The lowest BCUT2D eigenvalue weighted by molar-refractivity contribution is -0.384. The third kappa shape index (κ3) is 6.04. The van der Waals surface area contributed by atoms with Crippen LogP contribution in [0.2, 0.25) is 0 Å². The van der Waals surface area contributed by atoms with E-state index in [1.165, 1.54) is 24.6 Å². The highest BCUT2D eigenvalue weighted by Gasteiger charge is 2.17. The maximum Gasteiger partial charge on any atom is 0.269 e. The van der Waals surface area contributed by atoms with Gasteiger partial charge in [-0.05, 0) is 62.1 Å². The first-order chi connectivity index (χ1) is 14.8. The molecule has 2 amide bonds. The minimum atomic E-state index is -0.470. The molecule has 1 fully saturated rings. The maximum atomic E-state index is 12.5. The quantitative estimate of drug-likeness (QED) is 0.452. The Balaban J connectivity index is 1.54. The fourth-order valence-electron chi connectivity index (χ4n) is 3.79. The van der Waals surface area contributed by atoms with Gasteiger partial charge in [-0.25, -0.2) is 0 Å². The van der Waals surface area contributed by atoms with Gasteiger partial charge in [-0.2, -0.15) is 0 Å². The lowest BCUT2D eigenvalue weighted by atomic mass is 9.95. The third-order valence-corrected chi connectivity index (χ3v) is 5.56. The summed E-state index contributed by atoms with van der Waals surface area (Å²) in [7, 11) is 0. The largest absolute Gasteiger partial charge is 0.376 e. The summed E-state index contributed by atoms with van der Waals surface area (Å²) in [5, 5.41) is 19.8. The molecule has 3 N–H and O–H groups in total. The van der Waals surface area contributed by atoms with Crippen LogP contribution in [0, 0.1) is 24.0 Å². The fourth-order valence-corrected chi connectivity index (χ4v) is 3.79. The SMILES string of the molecule is Cc1cc(C(=O)NC2CCCCC2)ccc1NCC(=O)Nc1ccc([N+](=O)[O-])cc1C. The summed E-state index contributed by atoms with van der Waals surface area (Å²) in [5.41, 5.74) is 3.38. The van der Waals surface area contributed by atoms with Crippen molar-refractivity contribution >= 4 is 28.9 Å². The molecule has 1 saturated carbocycles. The summed E-state index contributed by atoms with van der Waals surface area (Å²) in [5.74, 6) is -0.330. The van der Waals surface area contributed by atoms with Gasteiger partial charge in [0.2, 0.25) is 5.91 Å². The number of amides is 2. The lowest BCUT2D eigenvalue weighted by Crippen LogP contribution is -2.36.